The van der Waals surface area contributed by atoms with Gasteiger partial charge >= 0.3 is 12.1 Å². The number of urea groups is 2. The molecule has 0 aliphatic carbocycles. The zero-order valence-electron chi connectivity index (χ0n) is 27.7. The minimum absolute atomic E-state index is 0.0378. The first-order chi connectivity index (χ1) is 22.7. The van der Waals surface area contributed by atoms with E-state index in [-0.39, 0.29) is 24.0 Å². The van der Waals surface area contributed by atoms with Gasteiger partial charge in [-0.05, 0) is 68.0 Å². The fourth-order valence-corrected chi connectivity index (χ4v) is 7.84. The monoisotopic (exact) mass is 664 g/mol. The average Bonchev–Trinajstić information content (AvgIpc) is 3.09. The highest BCUT2D eigenvalue weighted by Crippen LogP contribution is 2.29. The summed E-state index contributed by atoms with van der Waals surface area (Å²) in [5.74, 6) is -0.0558. The number of carbonyl (C=O) groups excluding carboxylic acids is 3. The van der Waals surface area contributed by atoms with Gasteiger partial charge < -0.3 is 36.0 Å². The molecule has 12 heteroatoms. The Hall–Kier alpha value is -3.54. The molecule has 254 valence electrons. The van der Waals surface area contributed by atoms with Crippen molar-refractivity contribution in [3.63, 3.8) is 0 Å². The van der Waals surface area contributed by atoms with Crippen LogP contribution in [0, 0.1) is 0 Å². The Kier molecular flexibility index (Phi) is 10.4. The maximum atomic E-state index is 14.1. The van der Waals surface area contributed by atoms with Gasteiger partial charge in [-0.3, -0.25) is 9.69 Å². The van der Waals surface area contributed by atoms with Crippen LogP contribution >= 0.6 is 11.6 Å². The van der Waals surface area contributed by atoms with Crippen LogP contribution in [-0.4, -0.2) is 120 Å². The molecule has 1 atom stereocenters. The number of anilines is 2. The van der Waals surface area contributed by atoms with Crippen molar-refractivity contribution in [1.82, 2.24) is 29.8 Å². The minimum Gasteiger partial charge on any atom is -0.397 e. The van der Waals surface area contributed by atoms with E-state index in [1.807, 2.05) is 53.1 Å². The van der Waals surface area contributed by atoms with E-state index in [1.54, 1.807) is 4.90 Å². The van der Waals surface area contributed by atoms with E-state index in [0.717, 1.165) is 67.8 Å². The number of nitrogens with two attached hydrogens (primary N) is 1. The molecule has 47 heavy (non-hydrogen) atoms. The highest BCUT2D eigenvalue weighted by Gasteiger charge is 2.36. The molecular formula is C35H49ClN8O3. The van der Waals surface area contributed by atoms with Gasteiger partial charge in [0, 0.05) is 83.1 Å². The third kappa shape index (κ3) is 7.63. The number of likely N-dealkylation sites (tertiary alicyclic amines) is 2. The van der Waals surface area contributed by atoms with Crippen molar-refractivity contribution in [2.45, 2.75) is 70.1 Å². The average molecular weight is 665 g/mol. The highest BCUT2D eigenvalue weighted by atomic mass is 35.5. The molecule has 3 fully saturated rings. The number of nitrogens with zero attached hydrogens (tertiary/aromatic N) is 5. The smallest absolute Gasteiger partial charge is 0.322 e. The first kappa shape index (κ1) is 33.4. The summed E-state index contributed by atoms with van der Waals surface area (Å²) < 4.78 is 0. The normalized spacial score (nSPS) is 20.9. The van der Waals surface area contributed by atoms with Crippen molar-refractivity contribution in [1.29, 1.82) is 0 Å². The van der Waals surface area contributed by atoms with Crippen molar-refractivity contribution in [3.05, 3.63) is 58.1 Å². The number of fused-ring (bicyclic) bond motifs is 1. The molecule has 11 nitrogen and oxygen atoms in total. The summed E-state index contributed by atoms with van der Waals surface area (Å²) in [6.45, 7) is 9.24. The lowest BCUT2D eigenvalue weighted by atomic mass is 9.98. The summed E-state index contributed by atoms with van der Waals surface area (Å²) in [5, 5.41) is 6.58. The van der Waals surface area contributed by atoms with Crippen molar-refractivity contribution < 1.29 is 14.4 Å². The maximum Gasteiger partial charge on any atom is 0.322 e. The van der Waals surface area contributed by atoms with Crippen LogP contribution in [-0.2, 0) is 24.2 Å². The van der Waals surface area contributed by atoms with Gasteiger partial charge in [0.25, 0.3) is 0 Å². The number of benzene rings is 2. The number of aryl methyl sites for hydroxylation is 1. The van der Waals surface area contributed by atoms with Crippen molar-refractivity contribution in [2.75, 3.05) is 70.5 Å². The Bertz CT molecular complexity index is 1450. The SMILES string of the molecule is CCc1cc(C[C@@H](NC(=O)N2CCC(N3Cc4ccccc4NC3=O)CC2)C(=O)N2CCC(N3CCN(C)CC3)CC2)cc(Cl)c1N. The molecule has 0 bridgehead atoms. The number of rotatable bonds is 7. The van der Waals surface area contributed by atoms with E-state index in [4.69, 9.17) is 17.3 Å². The van der Waals surface area contributed by atoms with Crippen LogP contribution in [0.5, 0.6) is 0 Å². The van der Waals surface area contributed by atoms with Gasteiger partial charge in [-0.1, -0.05) is 42.8 Å². The highest BCUT2D eigenvalue weighted by molar-refractivity contribution is 6.33. The van der Waals surface area contributed by atoms with Gasteiger partial charge in [-0.2, -0.15) is 0 Å². The fourth-order valence-electron chi connectivity index (χ4n) is 7.58. The second kappa shape index (κ2) is 14.7. The molecule has 4 heterocycles. The number of hydrogen-bond acceptors (Lipinski definition) is 6. The number of hydrogen-bond donors (Lipinski definition) is 3. The van der Waals surface area contributed by atoms with E-state index >= 15 is 0 Å². The van der Waals surface area contributed by atoms with Gasteiger partial charge in [0.1, 0.15) is 6.04 Å². The number of amides is 5. The first-order valence-corrected chi connectivity index (χ1v) is 17.6. The molecule has 0 saturated carbocycles. The van der Waals surface area contributed by atoms with Crippen LogP contribution in [0.4, 0.5) is 21.0 Å². The molecule has 0 radical (unpaired) electrons. The second-order valence-electron chi connectivity index (χ2n) is 13.5. The second-order valence-corrected chi connectivity index (χ2v) is 13.9. The Morgan fingerprint density at radius 2 is 1.62 bits per heavy atom. The number of halogens is 1. The van der Waals surface area contributed by atoms with Crippen molar-refractivity contribution >= 4 is 40.9 Å². The maximum absolute atomic E-state index is 14.1. The van der Waals surface area contributed by atoms with Crippen LogP contribution in [0.3, 0.4) is 0 Å². The standard InChI is InChI=1S/C35H49ClN8O3/c1-3-25-20-24(21-29(36)32(25)37)22-31(33(45)42-12-8-27(9-13-42)41-18-16-40(2)17-19-41)39-34(46)43-14-10-28(11-15-43)44-23-26-6-4-5-7-30(26)38-35(44)47/h4-7,20-21,27-28,31H,3,8-19,22-23,37H2,1-2H3,(H,38,47)(H,39,46)/t31-/m1/s1. The molecule has 4 aliphatic rings. The molecule has 0 unspecified atom stereocenters. The fraction of sp³-hybridized carbons (Fsp3) is 0.571. The number of nitrogens with one attached hydrogen (secondary N) is 2. The van der Waals surface area contributed by atoms with Gasteiger partial charge in [-0.25, -0.2) is 9.59 Å². The molecule has 4 N–H and O–H groups in total. The molecule has 0 aromatic heterocycles. The zero-order valence-corrected chi connectivity index (χ0v) is 28.5. The van der Waals surface area contributed by atoms with Gasteiger partial charge in [0.15, 0.2) is 0 Å². The Balaban J connectivity index is 1.10. The van der Waals surface area contributed by atoms with E-state index in [9.17, 15) is 14.4 Å². The van der Waals surface area contributed by atoms with E-state index in [2.05, 4.69) is 27.5 Å². The number of likely N-dealkylation sites (N-methyl/N-ethyl adjacent to an activating group) is 1. The molecule has 2 aromatic rings. The molecule has 5 amide bonds. The molecular weight excluding hydrogens is 616 g/mol. The molecule has 4 aliphatic heterocycles. The topological polar surface area (TPSA) is 117 Å². The molecule has 0 spiro atoms. The summed E-state index contributed by atoms with van der Waals surface area (Å²) in [5.41, 5.74) is 10.5. The predicted octanol–water partition coefficient (Wildman–Crippen LogP) is 3.86. The van der Waals surface area contributed by atoms with Crippen molar-refractivity contribution in [3.8, 4) is 0 Å². The van der Waals surface area contributed by atoms with E-state index in [0.29, 0.717) is 68.7 Å². The lowest BCUT2D eigenvalue weighted by Crippen LogP contribution is -2.58. The Morgan fingerprint density at radius 1 is 0.957 bits per heavy atom. The van der Waals surface area contributed by atoms with Crippen LogP contribution < -0.4 is 16.4 Å². The zero-order chi connectivity index (χ0) is 33.1. The molecule has 2 aromatic carbocycles. The summed E-state index contributed by atoms with van der Waals surface area (Å²) >= 11 is 6.50. The molecule has 6 rings (SSSR count). The predicted molar refractivity (Wildman–Crippen MR) is 186 cm³/mol. The van der Waals surface area contributed by atoms with E-state index < -0.39 is 6.04 Å². The summed E-state index contributed by atoms with van der Waals surface area (Å²) in [7, 11) is 2.17. The quantitative estimate of drug-likeness (QED) is 0.387. The lowest BCUT2D eigenvalue weighted by molar-refractivity contribution is -0.135. The van der Waals surface area contributed by atoms with Crippen LogP contribution in [0.25, 0.3) is 0 Å². The third-order valence-corrected chi connectivity index (χ3v) is 10.9. The van der Waals surface area contributed by atoms with Crippen LogP contribution in [0.2, 0.25) is 5.02 Å². The Morgan fingerprint density at radius 3 is 2.32 bits per heavy atom. The van der Waals surface area contributed by atoms with Gasteiger partial charge in [0.05, 0.1) is 10.7 Å². The Labute approximate surface area is 283 Å². The van der Waals surface area contributed by atoms with Gasteiger partial charge in [-0.15, -0.1) is 0 Å². The number of para-hydroxylation sites is 1. The lowest BCUT2D eigenvalue weighted by Gasteiger charge is -2.43. The van der Waals surface area contributed by atoms with Crippen LogP contribution in [0.15, 0.2) is 36.4 Å². The molecule has 3 saturated heterocycles. The minimum atomic E-state index is -0.728. The van der Waals surface area contributed by atoms with Crippen molar-refractivity contribution in [2.24, 2.45) is 0 Å². The summed E-state index contributed by atoms with van der Waals surface area (Å²) in [6.07, 6.45) is 4.28. The largest absolute Gasteiger partial charge is 0.397 e. The summed E-state index contributed by atoms with van der Waals surface area (Å²) in [6, 6.07) is 11.1. The van der Waals surface area contributed by atoms with E-state index in [1.165, 1.54) is 0 Å². The van der Waals surface area contributed by atoms with Gasteiger partial charge in [0.2, 0.25) is 5.91 Å². The number of nitrogen functional groups attached to an aromatic ring is 1. The number of piperazine rings is 1. The number of piperidine rings is 2. The summed E-state index contributed by atoms with van der Waals surface area (Å²) in [4.78, 5) is 51.2. The third-order valence-electron chi connectivity index (χ3n) is 10.6. The van der Waals surface area contributed by atoms with Crippen LogP contribution in [0.1, 0.15) is 49.3 Å². The first-order valence-electron chi connectivity index (χ1n) is 17.2. The number of carbonyl (C=O) groups is 3.